The number of alkyl halides is 3. The average Bonchev–Trinajstić information content (AvgIpc) is 2.15. The van der Waals surface area contributed by atoms with Gasteiger partial charge in [0.15, 0.2) is 0 Å². The van der Waals surface area contributed by atoms with Crippen molar-refractivity contribution in [2.24, 2.45) is 0 Å². The highest BCUT2D eigenvalue weighted by Gasteiger charge is 2.27. The quantitative estimate of drug-likeness (QED) is 0.633. The van der Waals surface area contributed by atoms with Crippen LogP contribution in [0.3, 0.4) is 0 Å². The molecule has 1 aromatic rings. The molecule has 0 saturated carbocycles. The van der Waals surface area contributed by atoms with E-state index in [-0.39, 0.29) is 11.3 Å². The van der Waals surface area contributed by atoms with Crippen LogP contribution in [-0.2, 0) is 4.74 Å². The van der Waals surface area contributed by atoms with Crippen molar-refractivity contribution in [3.8, 4) is 0 Å². The molecule has 0 fully saturated rings. The van der Waals surface area contributed by atoms with E-state index in [9.17, 15) is 18.0 Å². The summed E-state index contributed by atoms with van der Waals surface area (Å²) in [7, 11) is 0. The van der Waals surface area contributed by atoms with E-state index < -0.39 is 25.2 Å². The van der Waals surface area contributed by atoms with Crippen LogP contribution in [-0.4, -0.2) is 18.8 Å². The summed E-state index contributed by atoms with van der Waals surface area (Å²) in [5.74, 6) is -0.897. The Morgan fingerprint density at radius 3 is 2.47 bits per heavy atom. The van der Waals surface area contributed by atoms with Crippen LogP contribution < -0.4 is 11.5 Å². The lowest BCUT2D eigenvalue weighted by Crippen LogP contribution is -2.15. The zero-order valence-corrected chi connectivity index (χ0v) is 8.75. The largest absolute Gasteiger partial charge is 0.462 e. The van der Waals surface area contributed by atoms with Crippen molar-refractivity contribution in [1.29, 1.82) is 0 Å². The normalized spacial score (nSPS) is 11.2. The topological polar surface area (TPSA) is 78.3 Å². The lowest BCUT2D eigenvalue weighted by atomic mass is 10.1. The van der Waals surface area contributed by atoms with Crippen molar-refractivity contribution < 1.29 is 22.7 Å². The summed E-state index contributed by atoms with van der Waals surface area (Å²) in [4.78, 5) is 11.4. The molecule has 0 atom stereocenters. The zero-order chi connectivity index (χ0) is 13.1. The van der Waals surface area contributed by atoms with Crippen LogP contribution in [0.25, 0.3) is 0 Å². The number of hydrogen-bond donors (Lipinski definition) is 2. The van der Waals surface area contributed by atoms with Gasteiger partial charge in [-0.3, -0.25) is 0 Å². The van der Waals surface area contributed by atoms with Crippen LogP contribution in [0.2, 0.25) is 0 Å². The SMILES string of the molecule is Nc1ccc(C(=O)OCCC(F)(F)F)c(N)c1. The number of rotatable bonds is 3. The highest BCUT2D eigenvalue weighted by molar-refractivity contribution is 5.95. The first-order chi connectivity index (χ1) is 7.79. The first-order valence-corrected chi connectivity index (χ1v) is 4.68. The molecule has 0 bridgehead atoms. The molecule has 0 radical (unpaired) electrons. The second kappa shape index (κ2) is 4.94. The summed E-state index contributed by atoms with van der Waals surface area (Å²) in [5, 5.41) is 0. The smallest absolute Gasteiger partial charge is 0.392 e. The van der Waals surface area contributed by atoms with E-state index >= 15 is 0 Å². The van der Waals surface area contributed by atoms with Crippen molar-refractivity contribution in [3.05, 3.63) is 23.8 Å². The number of benzene rings is 1. The van der Waals surface area contributed by atoms with Crippen molar-refractivity contribution in [1.82, 2.24) is 0 Å². The molecular formula is C10H11F3N2O2. The second-order valence-corrected chi connectivity index (χ2v) is 3.35. The highest BCUT2D eigenvalue weighted by Crippen LogP contribution is 2.20. The van der Waals surface area contributed by atoms with Gasteiger partial charge in [-0.2, -0.15) is 13.2 Å². The molecule has 17 heavy (non-hydrogen) atoms. The van der Waals surface area contributed by atoms with Crippen LogP contribution in [0.15, 0.2) is 18.2 Å². The van der Waals surface area contributed by atoms with Crippen molar-refractivity contribution in [3.63, 3.8) is 0 Å². The van der Waals surface area contributed by atoms with Crippen LogP contribution in [0, 0.1) is 0 Å². The van der Waals surface area contributed by atoms with E-state index in [4.69, 9.17) is 11.5 Å². The predicted molar refractivity (Wildman–Crippen MR) is 56.2 cm³/mol. The third-order valence-electron chi connectivity index (χ3n) is 1.91. The Morgan fingerprint density at radius 1 is 1.29 bits per heavy atom. The Balaban J connectivity index is 2.59. The fourth-order valence-electron chi connectivity index (χ4n) is 1.10. The standard InChI is InChI=1S/C10H11F3N2O2/c11-10(12,13)3-4-17-9(16)7-2-1-6(14)5-8(7)15/h1-2,5H,3-4,14-15H2. The number of carbonyl (C=O) groups is 1. The summed E-state index contributed by atoms with van der Waals surface area (Å²) in [6.45, 7) is -0.730. The van der Waals surface area contributed by atoms with E-state index in [0.717, 1.165) is 0 Å². The van der Waals surface area contributed by atoms with E-state index in [2.05, 4.69) is 4.74 Å². The molecule has 94 valence electrons. The molecule has 4 N–H and O–H groups in total. The molecular weight excluding hydrogens is 237 g/mol. The van der Waals surface area contributed by atoms with Gasteiger partial charge >= 0.3 is 12.1 Å². The molecule has 0 amide bonds. The van der Waals surface area contributed by atoms with Crippen molar-refractivity contribution in [2.75, 3.05) is 18.1 Å². The van der Waals surface area contributed by atoms with Gasteiger partial charge in [0.25, 0.3) is 0 Å². The lowest BCUT2D eigenvalue weighted by molar-refractivity contribution is -0.141. The molecule has 1 rings (SSSR count). The third-order valence-corrected chi connectivity index (χ3v) is 1.91. The summed E-state index contributed by atoms with van der Waals surface area (Å²) in [5.41, 5.74) is 11.3. The molecule has 0 heterocycles. The molecule has 0 unspecified atom stereocenters. The average molecular weight is 248 g/mol. The van der Waals surface area contributed by atoms with Gasteiger partial charge in [-0.1, -0.05) is 0 Å². The molecule has 1 aromatic carbocycles. The molecule has 0 spiro atoms. The first-order valence-electron chi connectivity index (χ1n) is 4.68. The fourth-order valence-corrected chi connectivity index (χ4v) is 1.10. The van der Waals surface area contributed by atoms with E-state index in [0.29, 0.717) is 5.69 Å². The molecule has 0 aromatic heterocycles. The predicted octanol–water partition coefficient (Wildman–Crippen LogP) is 1.96. The second-order valence-electron chi connectivity index (χ2n) is 3.35. The lowest BCUT2D eigenvalue weighted by Gasteiger charge is -2.09. The van der Waals surface area contributed by atoms with Gasteiger partial charge in [-0.15, -0.1) is 0 Å². The van der Waals surface area contributed by atoms with E-state index in [1.54, 1.807) is 0 Å². The van der Waals surface area contributed by atoms with Crippen LogP contribution in [0.5, 0.6) is 0 Å². The Labute approximate surface area is 95.3 Å². The number of halogens is 3. The van der Waals surface area contributed by atoms with E-state index in [1.165, 1.54) is 18.2 Å². The number of hydrogen-bond acceptors (Lipinski definition) is 4. The van der Waals surface area contributed by atoms with Gasteiger partial charge in [0.2, 0.25) is 0 Å². The maximum atomic E-state index is 11.8. The van der Waals surface area contributed by atoms with Gasteiger partial charge < -0.3 is 16.2 Å². The molecule has 0 saturated heterocycles. The Morgan fingerprint density at radius 2 is 1.94 bits per heavy atom. The number of esters is 1. The summed E-state index contributed by atoms with van der Waals surface area (Å²) in [6, 6.07) is 4.05. The summed E-state index contributed by atoms with van der Waals surface area (Å²) in [6.07, 6.45) is -5.54. The minimum absolute atomic E-state index is 0.00127. The minimum Gasteiger partial charge on any atom is -0.462 e. The number of anilines is 2. The van der Waals surface area contributed by atoms with Gasteiger partial charge in [0.05, 0.1) is 12.0 Å². The van der Waals surface area contributed by atoms with Gasteiger partial charge in [0, 0.05) is 11.4 Å². The molecule has 0 aliphatic carbocycles. The highest BCUT2D eigenvalue weighted by atomic mass is 19.4. The Kier molecular flexibility index (Phi) is 3.82. The number of nitrogen functional groups attached to an aromatic ring is 2. The monoisotopic (exact) mass is 248 g/mol. The van der Waals surface area contributed by atoms with Crippen LogP contribution in [0.4, 0.5) is 24.5 Å². The van der Waals surface area contributed by atoms with E-state index in [1.807, 2.05) is 0 Å². The summed E-state index contributed by atoms with van der Waals surface area (Å²) < 4.78 is 39.9. The fraction of sp³-hybridized carbons (Fsp3) is 0.300. The third kappa shape index (κ3) is 4.21. The molecule has 0 aliphatic rings. The number of carbonyl (C=O) groups excluding carboxylic acids is 1. The Bertz CT molecular complexity index is 419. The van der Waals surface area contributed by atoms with Crippen LogP contribution in [0.1, 0.15) is 16.8 Å². The van der Waals surface area contributed by atoms with Crippen molar-refractivity contribution >= 4 is 17.3 Å². The van der Waals surface area contributed by atoms with Crippen molar-refractivity contribution in [2.45, 2.75) is 12.6 Å². The minimum atomic E-state index is -4.35. The van der Waals surface area contributed by atoms with Gasteiger partial charge in [-0.05, 0) is 18.2 Å². The Hall–Kier alpha value is -1.92. The molecule has 4 nitrogen and oxygen atoms in total. The number of nitrogens with two attached hydrogens (primary N) is 2. The maximum Gasteiger partial charge on any atom is 0.392 e. The van der Waals surface area contributed by atoms with Gasteiger partial charge in [0.1, 0.15) is 6.61 Å². The number of ether oxygens (including phenoxy) is 1. The zero-order valence-electron chi connectivity index (χ0n) is 8.75. The summed E-state index contributed by atoms with van der Waals surface area (Å²) >= 11 is 0. The van der Waals surface area contributed by atoms with Gasteiger partial charge in [-0.25, -0.2) is 4.79 Å². The molecule has 0 aliphatic heterocycles. The maximum absolute atomic E-state index is 11.8. The first kappa shape index (κ1) is 13.1. The molecule has 7 heteroatoms. The van der Waals surface area contributed by atoms with Crippen LogP contribution >= 0.6 is 0 Å².